The molecule has 0 atom stereocenters. The summed E-state index contributed by atoms with van der Waals surface area (Å²) in [5.41, 5.74) is 0.583. The molecule has 1 amide bonds. The summed E-state index contributed by atoms with van der Waals surface area (Å²) in [7, 11) is -2.75. The average molecular weight is 338 g/mol. The van der Waals surface area contributed by atoms with Gasteiger partial charge in [0.25, 0.3) is 5.91 Å². The molecule has 0 bridgehead atoms. The van der Waals surface area contributed by atoms with Gasteiger partial charge in [-0.3, -0.25) is 4.79 Å². The number of thiophene rings is 1. The zero-order chi connectivity index (χ0) is 16.4. The highest BCUT2D eigenvalue weighted by Crippen LogP contribution is 2.25. The Hall–Kier alpha value is -2.24. The Labute approximate surface area is 132 Å². The Morgan fingerprint density at radius 3 is 2.55 bits per heavy atom. The Morgan fingerprint density at radius 2 is 2.00 bits per heavy atom. The van der Waals surface area contributed by atoms with Gasteiger partial charge in [0.2, 0.25) is 0 Å². The van der Waals surface area contributed by atoms with Crippen molar-refractivity contribution in [3.8, 4) is 6.07 Å². The maximum absolute atomic E-state index is 13.6. The van der Waals surface area contributed by atoms with Gasteiger partial charge in [0.15, 0.2) is 10.7 Å². The van der Waals surface area contributed by atoms with Crippen LogP contribution in [-0.2, 0) is 10.7 Å². The summed E-state index contributed by atoms with van der Waals surface area (Å²) >= 11 is 1.01. The molecule has 22 heavy (non-hydrogen) atoms. The monoisotopic (exact) mass is 338 g/mol. The molecule has 0 aliphatic heterocycles. The van der Waals surface area contributed by atoms with E-state index in [1.165, 1.54) is 25.1 Å². The number of nitriles is 1. The van der Waals surface area contributed by atoms with Gasteiger partial charge < -0.3 is 5.32 Å². The zero-order valence-corrected chi connectivity index (χ0v) is 13.3. The lowest BCUT2D eigenvalue weighted by atomic mass is 10.1. The fourth-order valence-electron chi connectivity index (χ4n) is 1.90. The fourth-order valence-corrected chi connectivity index (χ4v) is 3.60. The second-order valence-corrected chi connectivity index (χ2v) is 7.09. The molecule has 0 fully saturated rings. The third-order valence-corrected chi connectivity index (χ3v) is 5.03. The largest absolute Gasteiger partial charge is 0.322 e. The second kappa shape index (κ2) is 6.25. The molecule has 1 N–H and O–H groups in total. The number of benzene rings is 1. The summed E-state index contributed by atoms with van der Waals surface area (Å²) in [6.07, 6.45) is 0. The van der Waals surface area contributed by atoms with Gasteiger partial charge in [0, 0.05) is 10.6 Å². The van der Waals surface area contributed by atoms with Crippen LogP contribution in [0.25, 0.3) is 0 Å². The van der Waals surface area contributed by atoms with Crippen LogP contribution in [-0.4, -0.2) is 14.3 Å². The predicted octanol–water partition coefficient (Wildman–Crippen LogP) is 2.60. The first-order chi connectivity index (χ1) is 10.3. The van der Waals surface area contributed by atoms with Crippen LogP contribution in [0.5, 0.6) is 0 Å². The van der Waals surface area contributed by atoms with Gasteiger partial charge >= 0.3 is 0 Å². The summed E-state index contributed by atoms with van der Waals surface area (Å²) in [5, 5.41) is 11.4. The third-order valence-electron chi connectivity index (χ3n) is 2.96. The van der Waals surface area contributed by atoms with Crippen LogP contribution < -0.4 is 5.32 Å². The van der Waals surface area contributed by atoms with Gasteiger partial charge in [-0.05, 0) is 37.6 Å². The maximum atomic E-state index is 13.6. The number of amides is 1. The van der Waals surface area contributed by atoms with Gasteiger partial charge in [0.1, 0.15) is 16.1 Å². The van der Waals surface area contributed by atoms with E-state index >= 15 is 0 Å². The number of thiol groups is 1. The van der Waals surface area contributed by atoms with E-state index in [1.807, 2.05) is 0 Å². The van der Waals surface area contributed by atoms with E-state index in [9.17, 15) is 17.6 Å². The predicted molar refractivity (Wildman–Crippen MR) is 81.4 cm³/mol. The first kappa shape index (κ1) is 16.1. The molecule has 0 radical (unpaired) electrons. The number of rotatable bonds is 3. The molecule has 0 aliphatic rings. The number of hydrogen-bond acceptors (Lipinski definition) is 5. The van der Waals surface area contributed by atoms with Gasteiger partial charge in [-0.1, -0.05) is 0 Å². The smallest absolute Gasteiger partial charge is 0.256 e. The first-order valence-electron chi connectivity index (χ1n) is 6.10. The highest BCUT2D eigenvalue weighted by molar-refractivity contribution is 7.75. The molecule has 0 saturated heterocycles. The van der Waals surface area contributed by atoms with Crippen LogP contribution in [0.2, 0.25) is 0 Å². The molecule has 2 rings (SSSR count). The average Bonchev–Trinajstić information content (AvgIpc) is 2.85. The molecule has 114 valence electrons. The standard InChI is InChI=1S/C14H11FN2O3S2/c1-7-3-10(4-9(6-16)13(7)15)17-14(18)11-5-12(22(19)20)21-8(11)2/h3-5,22H,1-2H3,(H,17,18). The van der Waals surface area contributed by atoms with Crippen molar-refractivity contribution in [1.29, 1.82) is 5.26 Å². The van der Waals surface area contributed by atoms with Crippen molar-refractivity contribution in [2.24, 2.45) is 0 Å². The number of nitrogens with zero attached hydrogens (tertiary/aromatic N) is 1. The molecule has 0 unspecified atom stereocenters. The molecular formula is C14H11FN2O3S2. The summed E-state index contributed by atoms with van der Waals surface area (Å²) in [4.78, 5) is 12.7. The lowest BCUT2D eigenvalue weighted by Crippen LogP contribution is -2.12. The Bertz CT molecular complexity index is 871. The number of halogens is 1. The molecule has 8 heteroatoms. The summed E-state index contributed by atoms with van der Waals surface area (Å²) in [6, 6.07) is 5.65. The number of carbonyl (C=O) groups is 1. The Balaban J connectivity index is 2.34. The van der Waals surface area contributed by atoms with E-state index in [0.29, 0.717) is 4.88 Å². The van der Waals surface area contributed by atoms with E-state index in [4.69, 9.17) is 5.26 Å². The fraction of sp³-hybridized carbons (Fsp3) is 0.143. The third kappa shape index (κ3) is 3.16. The van der Waals surface area contributed by atoms with Crippen molar-refractivity contribution in [3.63, 3.8) is 0 Å². The van der Waals surface area contributed by atoms with Crippen molar-refractivity contribution >= 4 is 33.6 Å². The molecule has 5 nitrogen and oxygen atoms in total. The topological polar surface area (TPSA) is 87.0 Å². The van der Waals surface area contributed by atoms with Crippen molar-refractivity contribution in [2.45, 2.75) is 18.1 Å². The summed E-state index contributed by atoms with van der Waals surface area (Å²) < 4.78 is 35.6. The molecule has 0 saturated carbocycles. The minimum atomic E-state index is -2.75. The lowest BCUT2D eigenvalue weighted by molar-refractivity contribution is 0.102. The van der Waals surface area contributed by atoms with E-state index in [0.717, 1.165) is 11.3 Å². The zero-order valence-electron chi connectivity index (χ0n) is 11.6. The lowest BCUT2D eigenvalue weighted by Gasteiger charge is -2.07. The second-order valence-electron chi connectivity index (χ2n) is 4.53. The first-order valence-corrected chi connectivity index (χ1v) is 8.09. The van der Waals surface area contributed by atoms with Crippen molar-refractivity contribution in [3.05, 3.63) is 45.6 Å². The van der Waals surface area contributed by atoms with Gasteiger partial charge in [0.05, 0.1) is 11.1 Å². The van der Waals surface area contributed by atoms with Gasteiger partial charge in [-0.15, -0.1) is 11.3 Å². The highest BCUT2D eigenvalue weighted by Gasteiger charge is 2.16. The SMILES string of the molecule is Cc1cc(NC(=O)c2cc([SH](=O)=O)sc2C)cc(C#N)c1F. The van der Waals surface area contributed by atoms with Crippen LogP contribution >= 0.6 is 11.3 Å². The van der Waals surface area contributed by atoms with Crippen LogP contribution in [0.15, 0.2) is 22.4 Å². The quantitative estimate of drug-likeness (QED) is 0.842. The van der Waals surface area contributed by atoms with Crippen LogP contribution in [0, 0.1) is 31.0 Å². The molecule has 1 heterocycles. The van der Waals surface area contributed by atoms with Crippen LogP contribution in [0.4, 0.5) is 10.1 Å². The number of nitrogens with one attached hydrogen (secondary N) is 1. The number of anilines is 1. The van der Waals surface area contributed by atoms with E-state index in [2.05, 4.69) is 5.32 Å². The highest BCUT2D eigenvalue weighted by atomic mass is 32.2. The molecule has 2 aromatic rings. The van der Waals surface area contributed by atoms with E-state index < -0.39 is 22.4 Å². The van der Waals surface area contributed by atoms with Crippen LogP contribution in [0.1, 0.15) is 26.4 Å². The molecule has 0 aliphatic carbocycles. The Morgan fingerprint density at radius 1 is 1.32 bits per heavy atom. The maximum Gasteiger partial charge on any atom is 0.256 e. The number of hydrogen-bond donors (Lipinski definition) is 2. The van der Waals surface area contributed by atoms with E-state index in [1.54, 1.807) is 13.0 Å². The van der Waals surface area contributed by atoms with Crippen LogP contribution in [0.3, 0.4) is 0 Å². The number of carbonyl (C=O) groups excluding carboxylic acids is 1. The van der Waals surface area contributed by atoms with Crippen molar-refractivity contribution < 1.29 is 17.6 Å². The molecular weight excluding hydrogens is 327 g/mol. The minimum Gasteiger partial charge on any atom is -0.322 e. The van der Waals surface area contributed by atoms with Crippen molar-refractivity contribution in [1.82, 2.24) is 0 Å². The summed E-state index contributed by atoms with van der Waals surface area (Å²) in [5.74, 6) is -1.13. The normalized spacial score (nSPS) is 10.5. The van der Waals surface area contributed by atoms with Crippen molar-refractivity contribution in [2.75, 3.05) is 5.32 Å². The van der Waals surface area contributed by atoms with Gasteiger partial charge in [-0.2, -0.15) is 5.26 Å². The van der Waals surface area contributed by atoms with E-state index in [-0.39, 0.29) is 26.6 Å². The molecule has 0 spiro atoms. The molecule has 1 aromatic heterocycles. The Kier molecular flexibility index (Phi) is 4.59. The molecule has 1 aromatic carbocycles. The number of aryl methyl sites for hydroxylation is 2. The van der Waals surface area contributed by atoms with Gasteiger partial charge in [-0.25, -0.2) is 12.8 Å². The minimum absolute atomic E-state index is 0.102. The summed E-state index contributed by atoms with van der Waals surface area (Å²) in [6.45, 7) is 3.13.